The summed E-state index contributed by atoms with van der Waals surface area (Å²) in [6, 6.07) is 7.57. The number of aliphatic hydroxyl groups is 1. The van der Waals surface area contributed by atoms with E-state index in [0.717, 1.165) is 11.1 Å². The van der Waals surface area contributed by atoms with Crippen LogP contribution >= 0.6 is 11.3 Å². The second kappa shape index (κ2) is 5.75. The van der Waals surface area contributed by atoms with Gasteiger partial charge in [-0.1, -0.05) is 24.3 Å². The van der Waals surface area contributed by atoms with E-state index in [4.69, 9.17) is 0 Å². The molecule has 1 aromatic heterocycles. The SMILES string of the molecule is Cc1ccccc1C(O)CNC(=O)c1cscn1. The van der Waals surface area contributed by atoms with Gasteiger partial charge in [0.1, 0.15) is 5.69 Å². The first-order valence-electron chi connectivity index (χ1n) is 5.58. The van der Waals surface area contributed by atoms with Crippen LogP contribution in [0.1, 0.15) is 27.7 Å². The van der Waals surface area contributed by atoms with Crippen molar-refractivity contribution >= 4 is 17.2 Å². The number of hydrogen-bond acceptors (Lipinski definition) is 4. The average Bonchev–Trinajstić information content (AvgIpc) is 2.90. The van der Waals surface area contributed by atoms with Crippen LogP contribution < -0.4 is 5.32 Å². The van der Waals surface area contributed by atoms with Gasteiger partial charge >= 0.3 is 0 Å². The van der Waals surface area contributed by atoms with Gasteiger partial charge in [0, 0.05) is 11.9 Å². The van der Waals surface area contributed by atoms with Gasteiger partial charge in [-0.2, -0.15) is 0 Å². The molecule has 4 nitrogen and oxygen atoms in total. The number of aromatic nitrogens is 1. The average molecular weight is 262 g/mol. The number of carbonyl (C=O) groups excluding carboxylic acids is 1. The van der Waals surface area contributed by atoms with E-state index in [1.165, 1.54) is 11.3 Å². The number of rotatable bonds is 4. The molecule has 1 amide bonds. The van der Waals surface area contributed by atoms with Crippen molar-refractivity contribution in [3.05, 3.63) is 52.0 Å². The smallest absolute Gasteiger partial charge is 0.270 e. The number of nitrogens with one attached hydrogen (secondary N) is 1. The zero-order valence-corrected chi connectivity index (χ0v) is 10.8. The minimum atomic E-state index is -0.700. The van der Waals surface area contributed by atoms with E-state index >= 15 is 0 Å². The normalized spacial score (nSPS) is 12.1. The molecule has 0 aliphatic rings. The zero-order valence-electron chi connectivity index (χ0n) is 9.96. The molecule has 0 spiro atoms. The summed E-state index contributed by atoms with van der Waals surface area (Å²) < 4.78 is 0. The monoisotopic (exact) mass is 262 g/mol. The molecule has 1 atom stereocenters. The van der Waals surface area contributed by atoms with E-state index in [9.17, 15) is 9.90 Å². The van der Waals surface area contributed by atoms with Crippen LogP contribution in [0.3, 0.4) is 0 Å². The lowest BCUT2D eigenvalue weighted by molar-refractivity contribution is 0.0911. The van der Waals surface area contributed by atoms with Crippen molar-refractivity contribution in [3.8, 4) is 0 Å². The van der Waals surface area contributed by atoms with E-state index < -0.39 is 6.10 Å². The van der Waals surface area contributed by atoms with E-state index in [2.05, 4.69) is 10.3 Å². The third kappa shape index (κ3) is 2.94. The van der Waals surface area contributed by atoms with Gasteiger partial charge in [0.05, 0.1) is 11.6 Å². The molecule has 1 heterocycles. The minimum absolute atomic E-state index is 0.182. The molecule has 2 rings (SSSR count). The van der Waals surface area contributed by atoms with Crippen LogP contribution in [-0.4, -0.2) is 22.5 Å². The maximum Gasteiger partial charge on any atom is 0.270 e. The van der Waals surface area contributed by atoms with Gasteiger partial charge in [-0.25, -0.2) is 4.98 Å². The zero-order chi connectivity index (χ0) is 13.0. The minimum Gasteiger partial charge on any atom is -0.387 e. The Morgan fingerprint density at radius 1 is 1.50 bits per heavy atom. The summed E-state index contributed by atoms with van der Waals surface area (Å²) in [6.45, 7) is 2.11. The second-order valence-corrected chi connectivity index (χ2v) is 4.67. The van der Waals surface area contributed by atoms with Crippen molar-refractivity contribution in [1.82, 2.24) is 10.3 Å². The molecule has 1 aromatic carbocycles. The fourth-order valence-electron chi connectivity index (χ4n) is 1.68. The van der Waals surface area contributed by atoms with E-state index in [1.807, 2.05) is 31.2 Å². The third-order valence-electron chi connectivity index (χ3n) is 2.67. The number of carbonyl (C=O) groups is 1. The van der Waals surface area contributed by atoms with Crippen LogP contribution in [0.5, 0.6) is 0 Å². The number of benzene rings is 1. The summed E-state index contributed by atoms with van der Waals surface area (Å²) >= 11 is 1.37. The summed E-state index contributed by atoms with van der Waals surface area (Å²) in [5.41, 5.74) is 3.83. The van der Waals surface area contributed by atoms with Gasteiger partial charge in [-0.15, -0.1) is 11.3 Å². The Labute approximate surface area is 109 Å². The van der Waals surface area contributed by atoms with Gasteiger partial charge in [0.2, 0.25) is 0 Å². The Balaban J connectivity index is 1.95. The van der Waals surface area contributed by atoms with Crippen molar-refractivity contribution in [2.75, 3.05) is 6.54 Å². The molecule has 0 saturated heterocycles. The molecular weight excluding hydrogens is 248 g/mol. The maximum atomic E-state index is 11.6. The first kappa shape index (κ1) is 12.7. The predicted octanol–water partition coefficient (Wildman–Crippen LogP) is 1.91. The standard InChI is InChI=1S/C13H14N2O2S/c1-9-4-2-3-5-10(9)12(16)6-14-13(17)11-7-18-8-15-11/h2-5,7-8,12,16H,6H2,1H3,(H,14,17). The molecule has 0 aliphatic carbocycles. The number of aliphatic hydroxyl groups excluding tert-OH is 1. The van der Waals surface area contributed by atoms with Gasteiger partial charge in [-0.3, -0.25) is 4.79 Å². The van der Waals surface area contributed by atoms with E-state index in [1.54, 1.807) is 10.9 Å². The molecule has 1 unspecified atom stereocenters. The fourth-order valence-corrected chi connectivity index (χ4v) is 2.21. The molecule has 5 heteroatoms. The Hall–Kier alpha value is -1.72. The Morgan fingerprint density at radius 3 is 2.94 bits per heavy atom. The largest absolute Gasteiger partial charge is 0.387 e. The highest BCUT2D eigenvalue weighted by molar-refractivity contribution is 7.07. The number of hydrogen-bond donors (Lipinski definition) is 2. The summed E-state index contributed by atoms with van der Waals surface area (Å²) in [6.07, 6.45) is -0.700. The number of nitrogens with zero attached hydrogens (tertiary/aromatic N) is 1. The van der Waals surface area contributed by atoms with Crippen LogP contribution in [0, 0.1) is 6.92 Å². The summed E-state index contributed by atoms with van der Waals surface area (Å²) in [5.74, 6) is -0.260. The lowest BCUT2D eigenvalue weighted by atomic mass is 10.0. The number of thiazole rings is 1. The highest BCUT2D eigenvalue weighted by Crippen LogP contribution is 2.16. The second-order valence-electron chi connectivity index (χ2n) is 3.96. The molecule has 94 valence electrons. The highest BCUT2D eigenvalue weighted by atomic mass is 32.1. The molecular formula is C13H14N2O2S. The van der Waals surface area contributed by atoms with Crippen molar-refractivity contribution in [2.45, 2.75) is 13.0 Å². The lowest BCUT2D eigenvalue weighted by Gasteiger charge is -2.13. The topological polar surface area (TPSA) is 62.2 Å². The van der Waals surface area contributed by atoms with Crippen LogP contribution in [0.2, 0.25) is 0 Å². The first-order chi connectivity index (χ1) is 8.68. The number of aryl methyl sites for hydroxylation is 1. The first-order valence-corrected chi connectivity index (χ1v) is 6.52. The molecule has 0 radical (unpaired) electrons. The Kier molecular flexibility index (Phi) is 4.07. The predicted molar refractivity (Wildman–Crippen MR) is 70.6 cm³/mol. The Bertz CT molecular complexity index is 526. The van der Waals surface area contributed by atoms with Crippen LogP contribution in [0.4, 0.5) is 0 Å². The van der Waals surface area contributed by atoms with Gasteiger partial charge < -0.3 is 10.4 Å². The Morgan fingerprint density at radius 2 is 2.28 bits per heavy atom. The molecule has 0 fully saturated rings. The van der Waals surface area contributed by atoms with Crippen LogP contribution in [0.25, 0.3) is 0 Å². The van der Waals surface area contributed by atoms with Gasteiger partial charge in [-0.05, 0) is 18.1 Å². The lowest BCUT2D eigenvalue weighted by Crippen LogP contribution is -2.28. The maximum absolute atomic E-state index is 11.6. The molecule has 2 N–H and O–H groups in total. The highest BCUT2D eigenvalue weighted by Gasteiger charge is 2.13. The summed E-state index contributed by atoms with van der Waals surface area (Å²) in [7, 11) is 0. The van der Waals surface area contributed by atoms with Gasteiger partial charge in [0.15, 0.2) is 0 Å². The van der Waals surface area contributed by atoms with Gasteiger partial charge in [0.25, 0.3) is 5.91 Å². The van der Waals surface area contributed by atoms with E-state index in [0.29, 0.717) is 5.69 Å². The molecule has 2 aromatic rings. The van der Waals surface area contributed by atoms with Crippen molar-refractivity contribution in [3.63, 3.8) is 0 Å². The summed E-state index contributed by atoms with van der Waals surface area (Å²) in [5, 5.41) is 14.4. The van der Waals surface area contributed by atoms with Crippen molar-refractivity contribution in [1.29, 1.82) is 0 Å². The van der Waals surface area contributed by atoms with Crippen molar-refractivity contribution < 1.29 is 9.90 Å². The van der Waals surface area contributed by atoms with Crippen LogP contribution in [-0.2, 0) is 0 Å². The van der Waals surface area contributed by atoms with Crippen molar-refractivity contribution in [2.24, 2.45) is 0 Å². The third-order valence-corrected chi connectivity index (χ3v) is 3.25. The molecule has 0 saturated carbocycles. The molecule has 18 heavy (non-hydrogen) atoms. The molecule has 0 bridgehead atoms. The molecule has 0 aliphatic heterocycles. The van der Waals surface area contributed by atoms with Crippen LogP contribution in [0.15, 0.2) is 35.2 Å². The summed E-state index contributed by atoms with van der Waals surface area (Å²) in [4.78, 5) is 15.6. The quantitative estimate of drug-likeness (QED) is 0.884. The van der Waals surface area contributed by atoms with E-state index in [-0.39, 0.29) is 12.5 Å². The fraction of sp³-hybridized carbons (Fsp3) is 0.231. The number of amides is 1.